The summed E-state index contributed by atoms with van der Waals surface area (Å²) in [5, 5.41) is 7.87. The first-order valence-corrected chi connectivity index (χ1v) is 5.74. The molecular weight excluding hydrogens is 250 g/mol. The van der Waals surface area contributed by atoms with Crippen molar-refractivity contribution in [2.75, 3.05) is 11.1 Å². The molecule has 0 aliphatic heterocycles. The average molecular weight is 260 g/mol. The maximum Gasteiger partial charge on any atom is 0.247 e. The highest BCUT2D eigenvalue weighted by atomic mass is 35.5. The summed E-state index contributed by atoms with van der Waals surface area (Å²) in [4.78, 5) is 4.32. The van der Waals surface area contributed by atoms with Gasteiger partial charge in [-0.2, -0.15) is 4.98 Å². The lowest BCUT2D eigenvalue weighted by molar-refractivity contribution is 0.966. The zero-order valence-electron chi connectivity index (χ0n) is 9.34. The number of nitrogen functional groups attached to an aromatic ring is 1. The van der Waals surface area contributed by atoms with Gasteiger partial charge in [0.05, 0.1) is 0 Å². The SMILES string of the molecule is Nc1ccc(Nc2nc3cccc(Cl)n3n2)cc1. The van der Waals surface area contributed by atoms with E-state index in [0.717, 1.165) is 5.69 Å². The minimum absolute atomic E-state index is 0.493. The molecule has 0 saturated heterocycles. The van der Waals surface area contributed by atoms with Gasteiger partial charge in [-0.3, -0.25) is 0 Å². The van der Waals surface area contributed by atoms with Crippen LogP contribution in [0.4, 0.5) is 17.3 Å². The minimum Gasteiger partial charge on any atom is -0.399 e. The number of fused-ring (bicyclic) bond motifs is 1. The van der Waals surface area contributed by atoms with E-state index in [9.17, 15) is 0 Å². The predicted octanol–water partition coefficient (Wildman–Crippen LogP) is 2.71. The lowest BCUT2D eigenvalue weighted by atomic mass is 10.3. The Bertz CT molecular complexity index is 689. The van der Waals surface area contributed by atoms with Crippen molar-refractivity contribution in [1.29, 1.82) is 0 Å². The number of aromatic nitrogens is 3. The van der Waals surface area contributed by atoms with Crippen LogP contribution in [0.5, 0.6) is 0 Å². The van der Waals surface area contributed by atoms with Gasteiger partial charge < -0.3 is 11.1 Å². The first-order valence-electron chi connectivity index (χ1n) is 5.36. The van der Waals surface area contributed by atoms with Crippen molar-refractivity contribution in [3.63, 3.8) is 0 Å². The van der Waals surface area contributed by atoms with Crippen molar-refractivity contribution in [3.8, 4) is 0 Å². The fourth-order valence-electron chi connectivity index (χ4n) is 1.62. The van der Waals surface area contributed by atoms with E-state index in [4.69, 9.17) is 17.3 Å². The average Bonchev–Trinajstić information content (AvgIpc) is 2.76. The molecule has 5 nitrogen and oxygen atoms in total. The van der Waals surface area contributed by atoms with Crippen molar-refractivity contribution < 1.29 is 0 Å². The number of benzene rings is 1. The molecular formula is C12H10ClN5. The van der Waals surface area contributed by atoms with Gasteiger partial charge in [-0.25, -0.2) is 4.52 Å². The number of hydrogen-bond acceptors (Lipinski definition) is 4. The summed E-state index contributed by atoms with van der Waals surface area (Å²) in [6, 6.07) is 12.8. The normalized spacial score (nSPS) is 10.7. The highest BCUT2D eigenvalue weighted by Gasteiger charge is 2.05. The number of nitrogens with one attached hydrogen (secondary N) is 1. The third-order valence-electron chi connectivity index (χ3n) is 2.48. The number of nitrogens with two attached hydrogens (primary N) is 1. The summed E-state index contributed by atoms with van der Waals surface area (Å²) in [5.41, 5.74) is 7.90. The zero-order chi connectivity index (χ0) is 12.5. The molecule has 0 spiro atoms. The Kier molecular flexibility index (Phi) is 2.53. The van der Waals surface area contributed by atoms with Crippen LogP contribution < -0.4 is 11.1 Å². The molecule has 18 heavy (non-hydrogen) atoms. The summed E-state index contributed by atoms with van der Waals surface area (Å²) in [7, 11) is 0. The Morgan fingerprint density at radius 3 is 2.61 bits per heavy atom. The number of nitrogens with zero attached hydrogens (tertiary/aromatic N) is 3. The lowest BCUT2D eigenvalue weighted by Crippen LogP contribution is -1.94. The summed E-state index contributed by atoms with van der Waals surface area (Å²) in [6.45, 7) is 0. The van der Waals surface area contributed by atoms with Gasteiger partial charge in [0.25, 0.3) is 0 Å². The third-order valence-corrected chi connectivity index (χ3v) is 2.77. The summed E-state index contributed by atoms with van der Waals surface area (Å²) in [5.74, 6) is 0.493. The van der Waals surface area contributed by atoms with Gasteiger partial charge in [-0.05, 0) is 36.4 Å². The predicted molar refractivity (Wildman–Crippen MR) is 72.1 cm³/mol. The van der Waals surface area contributed by atoms with Crippen molar-refractivity contribution in [3.05, 3.63) is 47.6 Å². The topological polar surface area (TPSA) is 68.2 Å². The summed E-state index contributed by atoms with van der Waals surface area (Å²) < 4.78 is 1.57. The third kappa shape index (κ3) is 1.96. The van der Waals surface area contributed by atoms with Gasteiger partial charge in [-0.1, -0.05) is 17.7 Å². The first-order chi connectivity index (χ1) is 8.72. The summed E-state index contributed by atoms with van der Waals surface area (Å²) in [6.07, 6.45) is 0. The van der Waals surface area contributed by atoms with Gasteiger partial charge in [0.1, 0.15) is 5.15 Å². The maximum absolute atomic E-state index is 6.01. The molecule has 3 aromatic rings. The monoisotopic (exact) mass is 259 g/mol. The van der Waals surface area contributed by atoms with Crippen LogP contribution in [0.2, 0.25) is 5.15 Å². The molecule has 0 saturated carbocycles. The number of hydrogen-bond donors (Lipinski definition) is 2. The van der Waals surface area contributed by atoms with E-state index in [0.29, 0.717) is 22.4 Å². The number of pyridine rings is 1. The van der Waals surface area contributed by atoms with Crippen LogP contribution in [0.15, 0.2) is 42.5 Å². The van der Waals surface area contributed by atoms with Crippen LogP contribution in [0, 0.1) is 0 Å². The molecule has 1 aromatic carbocycles. The number of rotatable bonds is 2. The molecule has 0 radical (unpaired) electrons. The molecule has 0 aliphatic rings. The Morgan fingerprint density at radius 1 is 1.11 bits per heavy atom. The minimum atomic E-state index is 0.493. The molecule has 3 N–H and O–H groups in total. The Balaban J connectivity index is 1.95. The molecule has 6 heteroatoms. The van der Waals surface area contributed by atoms with Gasteiger partial charge in [-0.15, -0.1) is 5.10 Å². The molecule has 90 valence electrons. The smallest absolute Gasteiger partial charge is 0.247 e. The van der Waals surface area contributed by atoms with Crippen LogP contribution in [-0.2, 0) is 0 Å². The van der Waals surface area contributed by atoms with E-state index in [-0.39, 0.29) is 0 Å². The highest BCUT2D eigenvalue weighted by molar-refractivity contribution is 6.29. The van der Waals surface area contributed by atoms with E-state index in [1.54, 1.807) is 10.6 Å². The van der Waals surface area contributed by atoms with E-state index >= 15 is 0 Å². The van der Waals surface area contributed by atoms with Crippen LogP contribution >= 0.6 is 11.6 Å². The van der Waals surface area contributed by atoms with Gasteiger partial charge in [0.2, 0.25) is 5.95 Å². The van der Waals surface area contributed by atoms with E-state index < -0.39 is 0 Å². The second-order valence-electron chi connectivity index (χ2n) is 3.80. The van der Waals surface area contributed by atoms with E-state index in [1.807, 2.05) is 36.4 Å². The highest BCUT2D eigenvalue weighted by Crippen LogP contribution is 2.17. The molecule has 0 bridgehead atoms. The summed E-state index contributed by atoms with van der Waals surface area (Å²) >= 11 is 6.01. The molecule has 2 aromatic heterocycles. The van der Waals surface area contributed by atoms with Gasteiger partial charge in [0.15, 0.2) is 5.65 Å². The second kappa shape index (κ2) is 4.19. The second-order valence-corrected chi connectivity index (χ2v) is 4.19. The lowest BCUT2D eigenvalue weighted by Gasteiger charge is -2.00. The van der Waals surface area contributed by atoms with Crippen molar-refractivity contribution >= 4 is 34.6 Å². The van der Waals surface area contributed by atoms with Crippen molar-refractivity contribution in [2.45, 2.75) is 0 Å². The number of anilines is 3. The largest absolute Gasteiger partial charge is 0.399 e. The van der Waals surface area contributed by atoms with Crippen LogP contribution in [0.3, 0.4) is 0 Å². The van der Waals surface area contributed by atoms with E-state index in [2.05, 4.69) is 15.4 Å². The van der Waals surface area contributed by atoms with Crippen molar-refractivity contribution in [2.24, 2.45) is 0 Å². The Hall–Kier alpha value is -2.27. The van der Waals surface area contributed by atoms with Gasteiger partial charge in [0, 0.05) is 11.4 Å². The molecule has 2 heterocycles. The fourth-order valence-corrected chi connectivity index (χ4v) is 1.82. The van der Waals surface area contributed by atoms with E-state index in [1.165, 1.54) is 0 Å². The maximum atomic E-state index is 6.01. The molecule has 0 aliphatic carbocycles. The van der Waals surface area contributed by atoms with Crippen molar-refractivity contribution in [1.82, 2.24) is 14.6 Å². The molecule has 3 rings (SSSR count). The standard InChI is InChI=1S/C12H10ClN5/c13-10-2-1-3-11-16-12(17-18(10)11)15-9-6-4-8(14)5-7-9/h1-7H,14H2,(H,15,17). The zero-order valence-corrected chi connectivity index (χ0v) is 10.1. The molecule has 0 unspecified atom stereocenters. The van der Waals surface area contributed by atoms with Crippen LogP contribution in [0.1, 0.15) is 0 Å². The van der Waals surface area contributed by atoms with Gasteiger partial charge >= 0.3 is 0 Å². The Labute approximate surface area is 108 Å². The van der Waals surface area contributed by atoms with Crippen LogP contribution in [-0.4, -0.2) is 14.6 Å². The quantitative estimate of drug-likeness (QED) is 0.548. The Morgan fingerprint density at radius 2 is 1.89 bits per heavy atom. The molecule has 0 amide bonds. The molecule has 0 atom stereocenters. The fraction of sp³-hybridized carbons (Fsp3) is 0. The van der Waals surface area contributed by atoms with Crippen LogP contribution in [0.25, 0.3) is 5.65 Å². The number of halogens is 1. The molecule has 0 fully saturated rings. The first kappa shape index (κ1) is 10.9.